The largest absolute Gasteiger partial charge is 0.501 e. The van der Waals surface area contributed by atoms with Crippen molar-refractivity contribution in [1.29, 1.82) is 0 Å². The van der Waals surface area contributed by atoms with Crippen LogP contribution in [0.4, 0.5) is 0 Å². The summed E-state index contributed by atoms with van der Waals surface area (Å²) in [4.78, 5) is 0. The minimum atomic E-state index is 0.787. The lowest BCUT2D eigenvalue weighted by atomic mass is 10.0. The van der Waals surface area contributed by atoms with Crippen molar-refractivity contribution in [2.45, 2.75) is 33.1 Å². The molecule has 2 heteroatoms. The van der Waals surface area contributed by atoms with Crippen LogP contribution in [0.2, 0.25) is 0 Å². The van der Waals surface area contributed by atoms with Crippen LogP contribution in [0, 0.1) is 5.92 Å². The summed E-state index contributed by atoms with van der Waals surface area (Å²) in [7, 11) is 0. The van der Waals surface area contributed by atoms with Crippen molar-refractivity contribution in [3.63, 3.8) is 0 Å². The van der Waals surface area contributed by atoms with Crippen LogP contribution < -0.4 is 0 Å². The van der Waals surface area contributed by atoms with Crippen molar-refractivity contribution in [2.75, 3.05) is 19.8 Å². The Bertz CT molecular complexity index is 153. The Balaban J connectivity index is 1.91. The van der Waals surface area contributed by atoms with Gasteiger partial charge in [-0.1, -0.05) is 0 Å². The molecule has 1 aliphatic heterocycles. The Morgan fingerprint density at radius 1 is 1.54 bits per heavy atom. The van der Waals surface area contributed by atoms with Crippen molar-refractivity contribution in [3.05, 3.63) is 11.8 Å². The number of rotatable bonds is 5. The van der Waals surface area contributed by atoms with E-state index in [4.69, 9.17) is 9.47 Å². The zero-order valence-corrected chi connectivity index (χ0v) is 8.71. The predicted octanol–water partition coefficient (Wildman–Crippen LogP) is 2.74. The summed E-state index contributed by atoms with van der Waals surface area (Å²) in [5.74, 6) is 0.787. The molecule has 0 aromatic carbocycles. The third kappa shape index (κ3) is 4.94. The summed E-state index contributed by atoms with van der Waals surface area (Å²) < 4.78 is 10.7. The summed E-state index contributed by atoms with van der Waals surface area (Å²) in [5.41, 5.74) is 1.23. The van der Waals surface area contributed by atoms with Gasteiger partial charge in [-0.3, -0.25) is 0 Å². The molecule has 0 aromatic rings. The maximum Gasteiger partial charge on any atom is 0.0873 e. The summed E-state index contributed by atoms with van der Waals surface area (Å²) >= 11 is 0. The summed E-state index contributed by atoms with van der Waals surface area (Å²) in [6, 6.07) is 0. The fourth-order valence-corrected chi connectivity index (χ4v) is 1.49. The molecule has 0 aliphatic carbocycles. The van der Waals surface area contributed by atoms with Gasteiger partial charge >= 0.3 is 0 Å². The van der Waals surface area contributed by atoms with Crippen LogP contribution in [0.25, 0.3) is 0 Å². The zero-order valence-electron chi connectivity index (χ0n) is 8.71. The third-order valence-electron chi connectivity index (χ3n) is 2.22. The van der Waals surface area contributed by atoms with E-state index in [2.05, 4.69) is 0 Å². The first-order valence-corrected chi connectivity index (χ1v) is 5.12. The van der Waals surface area contributed by atoms with Crippen molar-refractivity contribution >= 4 is 0 Å². The van der Waals surface area contributed by atoms with Crippen molar-refractivity contribution in [2.24, 2.45) is 5.92 Å². The van der Waals surface area contributed by atoms with Gasteiger partial charge < -0.3 is 9.47 Å². The van der Waals surface area contributed by atoms with E-state index in [9.17, 15) is 0 Å². The van der Waals surface area contributed by atoms with E-state index in [1.807, 2.05) is 20.1 Å². The van der Waals surface area contributed by atoms with Crippen LogP contribution in [-0.4, -0.2) is 19.8 Å². The minimum Gasteiger partial charge on any atom is -0.501 e. The van der Waals surface area contributed by atoms with Crippen LogP contribution in [-0.2, 0) is 9.47 Å². The first kappa shape index (κ1) is 10.6. The number of hydrogen-bond donors (Lipinski definition) is 0. The van der Waals surface area contributed by atoms with Crippen molar-refractivity contribution in [3.8, 4) is 0 Å². The van der Waals surface area contributed by atoms with Crippen LogP contribution in [0.1, 0.15) is 33.1 Å². The summed E-state index contributed by atoms with van der Waals surface area (Å²) in [6.45, 7) is 6.86. The Morgan fingerprint density at radius 2 is 2.38 bits per heavy atom. The molecule has 1 unspecified atom stereocenters. The molecule has 2 nitrogen and oxygen atoms in total. The maximum atomic E-state index is 5.35. The molecule has 1 aliphatic rings. The number of allylic oxidation sites excluding steroid dienone is 1. The number of ether oxygens (including phenoxy) is 2. The van der Waals surface area contributed by atoms with Gasteiger partial charge in [-0.2, -0.15) is 0 Å². The molecule has 1 rings (SSSR count). The SMILES string of the molecule is CC(C)=COCCCC1CCOC1. The molecule has 0 N–H and O–H groups in total. The first-order valence-electron chi connectivity index (χ1n) is 5.12. The third-order valence-corrected chi connectivity index (χ3v) is 2.22. The topological polar surface area (TPSA) is 18.5 Å². The van der Waals surface area contributed by atoms with Gasteiger partial charge in [0.1, 0.15) is 0 Å². The lowest BCUT2D eigenvalue weighted by Crippen LogP contribution is -2.00. The molecule has 1 heterocycles. The number of hydrogen-bond acceptors (Lipinski definition) is 2. The van der Waals surface area contributed by atoms with E-state index in [0.29, 0.717) is 0 Å². The van der Waals surface area contributed by atoms with E-state index in [1.54, 1.807) is 0 Å². The average molecular weight is 184 g/mol. The molecule has 0 aromatic heterocycles. The second kappa shape index (κ2) is 6.03. The van der Waals surface area contributed by atoms with Crippen LogP contribution in [0.5, 0.6) is 0 Å². The molecule has 1 fully saturated rings. The predicted molar refractivity (Wildman–Crippen MR) is 53.5 cm³/mol. The lowest BCUT2D eigenvalue weighted by molar-refractivity contribution is 0.179. The molecular weight excluding hydrogens is 164 g/mol. The van der Waals surface area contributed by atoms with Crippen molar-refractivity contribution < 1.29 is 9.47 Å². The monoisotopic (exact) mass is 184 g/mol. The maximum absolute atomic E-state index is 5.35. The molecule has 76 valence electrons. The van der Waals surface area contributed by atoms with E-state index in [1.165, 1.54) is 18.4 Å². The molecular formula is C11H20O2. The van der Waals surface area contributed by atoms with E-state index in [0.717, 1.165) is 32.2 Å². The van der Waals surface area contributed by atoms with Gasteiger partial charge in [-0.15, -0.1) is 0 Å². The molecule has 0 saturated carbocycles. The first-order chi connectivity index (χ1) is 6.29. The van der Waals surface area contributed by atoms with Crippen LogP contribution >= 0.6 is 0 Å². The lowest BCUT2D eigenvalue weighted by Gasteiger charge is -2.06. The van der Waals surface area contributed by atoms with Gasteiger partial charge in [0.2, 0.25) is 0 Å². The second-order valence-corrected chi connectivity index (χ2v) is 3.94. The van der Waals surface area contributed by atoms with E-state index < -0.39 is 0 Å². The summed E-state index contributed by atoms with van der Waals surface area (Å²) in [5, 5.41) is 0. The Kier molecular flexibility index (Phi) is 4.91. The molecule has 0 amide bonds. The Labute approximate surface area is 80.9 Å². The molecule has 1 atom stereocenters. The minimum absolute atomic E-state index is 0.787. The van der Waals surface area contributed by atoms with Crippen LogP contribution in [0.3, 0.4) is 0 Å². The quantitative estimate of drug-likeness (QED) is 0.483. The van der Waals surface area contributed by atoms with E-state index in [-0.39, 0.29) is 0 Å². The second-order valence-electron chi connectivity index (χ2n) is 3.94. The smallest absolute Gasteiger partial charge is 0.0873 e. The molecule has 0 spiro atoms. The molecule has 1 saturated heterocycles. The van der Waals surface area contributed by atoms with Gasteiger partial charge in [0.15, 0.2) is 0 Å². The molecule has 13 heavy (non-hydrogen) atoms. The van der Waals surface area contributed by atoms with Gasteiger partial charge in [0, 0.05) is 13.2 Å². The Morgan fingerprint density at radius 3 is 3.00 bits per heavy atom. The highest BCUT2D eigenvalue weighted by Crippen LogP contribution is 2.17. The standard InChI is InChI=1S/C11H20O2/c1-10(2)8-12-6-3-4-11-5-7-13-9-11/h8,11H,3-7,9H2,1-2H3. The fourth-order valence-electron chi connectivity index (χ4n) is 1.49. The van der Waals surface area contributed by atoms with Gasteiger partial charge in [0.05, 0.1) is 12.9 Å². The fraction of sp³-hybridized carbons (Fsp3) is 0.818. The Hall–Kier alpha value is -0.500. The zero-order chi connectivity index (χ0) is 9.52. The highest BCUT2D eigenvalue weighted by molar-refractivity contribution is 4.86. The normalized spacial score (nSPS) is 21.5. The van der Waals surface area contributed by atoms with E-state index >= 15 is 0 Å². The van der Waals surface area contributed by atoms with Gasteiger partial charge in [-0.05, 0) is 44.6 Å². The highest BCUT2D eigenvalue weighted by atomic mass is 16.5. The molecule has 0 bridgehead atoms. The van der Waals surface area contributed by atoms with Crippen molar-refractivity contribution in [1.82, 2.24) is 0 Å². The average Bonchev–Trinajstić information content (AvgIpc) is 2.55. The highest BCUT2D eigenvalue weighted by Gasteiger charge is 2.14. The van der Waals surface area contributed by atoms with Crippen LogP contribution in [0.15, 0.2) is 11.8 Å². The molecule has 0 radical (unpaired) electrons. The van der Waals surface area contributed by atoms with Gasteiger partial charge in [0.25, 0.3) is 0 Å². The van der Waals surface area contributed by atoms with Gasteiger partial charge in [-0.25, -0.2) is 0 Å². The summed E-state index contributed by atoms with van der Waals surface area (Å²) in [6.07, 6.45) is 5.47.